The van der Waals surface area contributed by atoms with Crippen LogP contribution in [0.25, 0.3) is 0 Å². The highest BCUT2D eigenvalue weighted by Gasteiger charge is 2.11. The zero-order valence-electron chi connectivity index (χ0n) is 10.3. The van der Waals surface area contributed by atoms with Gasteiger partial charge in [0.05, 0.1) is 11.1 Å². The largest absolute Gasteiger partial charge is 0.478 e. The first-order valence-electron chi connectivity index (χ1n) is 5.80. The Labute approximate surface area is 114 Å². The average molecular weight is 274 g/mol. The molecule has 2 N–H and O–H groups in total. The summed E-state index contributed by atoms with van der Waals surface area (Å²) in [6, 6.07) is 9.69. The lowest BCUT2D eigenvalue weighted by molar-refractivity contribution is 0.0696. The molecule has 0 radical (unpaired) electrons. The number of aromatic carboxylic acids is 2. The van der Waals surface area contributed by atoms with Crippen molar-refractivity contribution in [1.29, 1.82) is 0 Å². The fourth-order valence-electron chi connectivity index (χ4n) is 1.88. The van der Waals surface area contributed by atoms with Crippen LogP contribution >= 0.6 is 0 Å². The Kier molecular flexibility index (Phi) is 3.79. The summed E-state index contributed by atoms with van der Waals surface area (Å²) in [6.45, 7) is 0. The van der Waals surface area contributed by atoms with Crippen LogP contribution in [0.2, 0.25) is 0 Å². The molecular formula is C15H11FO4. The second-order valence-corrected chi connectivity index (χ2v) is 4.33. The Morgan fingerprint density at radius 2 is 1.35 bits per heavy atom. The summed E-state index contributed by atoms with van der Waals surface area (Å²) < 4.78 is 12.8. The van der Waals surface area contributed by atoms with E-state index in [0.29, 0.717) is 12.0 Å². The number of halogens is 1. The van der Waals surface area contributed by atoms with Gasteiger partial charge in [0.25, 0.3) is 0 Å². The first-order chi connectivity index (χ1) is 9.45. The van der Waals surface area contributed by atoms with Crippen LogP contribution in [0.3, 0.4) is 0 Å². The minimum absolute atomic E-state index is 0.0815. The fraction of sp³-hybridized carbons (Fsp3) is 0.0667. The van der Waals surface area contributed by atoms with Gasteiger partial charge in [-0.3, -0.25) is 0 Å². The van der Waals surface area contributed by atoms with Crippen molar-refractivity contribution in [3.8, 4) is 0 Å². The average Bonchev–Trinajstić information content (AvgIpc) is 2.41. The third kappa shape index (κ3) is 3.20. The van der Waals surface area contributed by atoms with Crippen LogP contribution in [-0.4, -0.2) is 22.2 Å². The van der Waals surface area contributed by atoms with Crippen molar-refractivity contribution < 1.29 is 24.2 Å². The molecule has 0 amide bonds. The molecule has 0 saturated carbocycles. The minimum Gasteiger partial charge on any atom is -0.478 e. The molecule has 0 atom stereocenters. The van der Waals surface area contributed by atoms with Gasteiger partial charge in [-0.1, -0.05) is 12.1 Å². The van der Waals surface area contributed by atoms with Gasteiger partial charge in [-0.15, -0.1) is 0 Å². The second kappa shape index (κ2) is 5.52. The van der Waals surface area contributed by atoms with Crippen LogP contribution in [0.15, 0.2) is 42.5 Å². The molecule has 5 heteroatoms. The van der Waals surface area contributed by atoms with E-state index < -0.39 is 11.9 Å². The summed E-state index contributed by atoms with van der Waals surface area (Å²) in [4.78, 5) is 22.0. The third-order valence-corrected chi connectivity index (χ3v) is 2.81. The summed E-state index contributed by atoms with van der Waals surface area (Å²) in [5, 5.41) is 18.0. The zero-order chi connectivity index (χ0) is 14.7. The fourth-order valence-corrected chi connectivity index (χ4v) is 1.88. The Hall–Kier alpha value is -2.69. The number of benzene rings is 2. The lowest BCUT2D eigenvalue weighted by atomic mass is 10.00. The number of carboxylic acid groups (broad SMARTS) is 2. The lowest BCUT2D eigenvalue weighted by Gasteiger charge is -2.06. The third-order valence-electron chi connectivity index (χ3n) is 2.81. The number of hydrogen-bond donors (Lipinski definition) is 2. The molecule has 0 aliphatic rings. The predicted octanol–water partition coefficient (Wildman–Crippen LogP) is 2.81. The van der Waals surface area contributed by atoms with Crippen LogP contribution in [0.1, 0.15) is 31.8 Å². The van der Waals surface area contributed by atoms with E-state index in [1.807, 2.05) is 0 Å². The van der Waals surface area contributed by atoms with E-state index in [-0.39, 0.29) is 16.9 Å². The Morgan fingerprint density at radius 3 is 1.80 bits per heavy atom. The molecule has 2 aromatic carbocycles. The zero-order valence-corrected chi connectivity index (χ0v) is 10.3. The Bertz CT molecular complexity index is 630. The molecule has 0 aromatic heterocycles. The molecule has 0 heterocycles. The summed E-state index contributed by atoms with van der Waals surface area (Å²) >= 11 is 0. The smallest absolute Gasteiger partial charge is 0.335 e. The van der Waals surface area contributed by atoms with Crippen molar-refractivity contribution >= 4 is 11.9 Å². The van der Waals surface area contributed by atoms with E-state index >= 15 is 0 Å². The van der Waals surface area contributed by atoms with Gasteiger partial charge < -0.3 is 10.2 Å². The van der Waals surface area contributed by atoms with Gasteiger partial charge in [-0.25, -0.2) is 14.0 Å². The van der Waals surface area contributed by atoms with Crippen LogP contribution in [0.5, 0.6) is 0 Å². The van der Waals surface area contributed by atoms with Crippen molar-refractivity contribution in [2.45, 2.75) is 6.42 Å². The highest BCUT2D eigenvalue weighted by molar-refractivity contribution is 5.94. The molecule has 0 saturated heterocycles. The summed E-state index contributed by atoms with van der Waals surface area (Å²) in [5.74, 6) is -2.74. The summed E-state index contributed by atoms with van der Waals surface area (Å²) in [6.07, 6.45) is 0.335. The molecule has 0 aliphatic carbocycles. The molecular weight excluding hydrogens is 263 g/mol. The molecule has 4 nitrogen and oxygen atoms in total. The number of carboxylic acids is 2. The van der Waals surface area contributed by atoms with Crippen LogP contribution in [-0.2, 0) is 6.42 Å². The first-order valence-corrected chi connectivity index (χ1v) is 5.80. The highest BCUT2D eigenvalue weighted by Crippen LogP contribution is 2.15. The van der Waals surface area contributed by atoms with Crippen LogP contribution in [0, 0.1) is 5.82 Å². The van der Waals surface area contributed by atoms with Crippen molar-refractivity contribution in [3.63, 3.8) is 0 Å². The van der Waals surface area contributed by atoms with E-state index in [2.05, 4.69) is 0 Å². The molecule has 102 valence electrons. The second-order valence-electron chi connectivity index (χ2n) is 4.33. The van der Waals surface area contributed by atoms with Gasteiger partial charge in [-0.2, -0.15) is 0 Å². The van der Waals surface area contributed by atoms with Crippen LogP contribution in [0.4, 0.5) is 4.39 Å². The van der Waals surface area contributed by atoms with Gasteiger partial charge in [0.15, 0.2) is 0 Å². The topological polar surface area (TPSA) is 74.6 Å². The van der Waals surface area contributed by atoms with Crippen molar-refractivity contribution in [2.24, 2.45) is 0 Å². The van der Waals surface area contributed by atoms with Gasteiger partial charge in [-0.05, 0) is 47.9 Å². The SMILES string of the molecule is O=C(O)c1cc(Cc2ccc(F)cc2)cc(C(=O)O)c1. The van der Waals surface area contributed by atoms with Crippen LogP contribution < -0.4 is 0 Å². The number of rotatable bonds is 4. The van der Waals surface area contributed by atoms with E-state index in [1.165, 1.54) is 24.3 Å². The van der Waals surface area contributed by atoms with Crippen molar-refractivity contribution in [3.05, 3.63) is 70.5 Å². The maximum atomic E-state index is 12.8. The standard InChI is InChI=1S/C15H11FO4/c16-13-3-1-9(2-4-13)5-10-6-11(14(17)18)8-12(7-10)15(19)20/h1-4,6-8H,5H2,(H,17,18)(H,19,20). The molecule has 0 fully saturated rings. The lowest BCUT2D eigenvalue weighted by Crippen LogP contribution is -2.04. The Morgan fingerprint density at radius 1 is 0.850 bits per heavy atom. The van der Waals surface area contributed by atoms with Gasteiger partial charge in [0.2, 0.25) is 0 Å². The normalized spacial score (nSPS) is 10.2. The molecule has 20 heavy (non-hydrogen) atoms. The monoisotopic (exact) mass is 274 g/mol. The van der Waals surface area contributed by atoms with Crippen molar-refractivity contribution in [2.75, 3.05) is 0 Å². The first kappa shape index (κ1) is 13.7. The van der Waals surface area contributed by atoms with E-state index in [1.54, 1.807) is 12.1 Å². The number of hydrogen-bond acceptors (Lipinski definition) is 2. The highest BCUT2D eigenvalue weighted by atomic mass is 19.1. The molecule has 0 bridgehead atoms. The molecule has 2 rings (SSSR count). The van der Waals surface area contributed by atoms with Gasteiger partial charge in [0, 0.05) is 0 Å². The summed E-state index contributed by atoms with van der Waals surface area (Å²) in [5.41, 5.74) is 1.16. The van der Waals surface area contributed by atoms with Gasteiger partial charge in [0.1, 0.15) is 5.82 Å². The minimum atomic E-state index is -1.19. The summed E-state index contributed by atoms with van der Waals surface area (Å²) in [7, 11) is 0. The molecule has 2 aromatic rings. The van der Waals surface area contributed by atoms with E-state index in [0.717, 1.165) is 11.6 Å². The van der Waals surface area contributed by atoms with E-state index in [9.17, 15) is 14.0 Å². The van der Waals surface area contributed by atoms with Crippen molar-refractivity contribution in [1.82, 2.24) is 0 Å². The molecule has 0 unspecified atom stereocenters. The maximum Gasteiger partial charge on any atom is 0.335 e. The Balaban J connectivity index is 2.37. The maximum absolute atomic E-state index is 12.8. The van der Waals surface area contributed by atoms with E-state index in [4.69, 9.17) is 10.2 Å². The van der Waals surface area contributed by atoms with Gasteiger partial charge >= 0.3 is 11.9 Å². The predicted molar refractivity (Wildman–Crippen MR) is 69.6 cm³/mol. The molecule has 0 aliphatic heterocycles. The quantitative estimate of drug-likeness (QED) is 0.899. The molecule has 0 spiro atoms. The number of carbonyl (C=O) groups is 2.